The van der Waals surface area contributed by atoms with E-state index in [0.29, 0.717) is 38.7 Å². The first-order valence-corrected chi connectivity index (χ1v) is 19.5. The predicted molar refractivity (Wildman–Crippen MR) is 208 cm³/mol. The summed E-state index contributed by atoms with van der Waals surface area (Å²) >= 11 is 0. The fourth-order valence-electron chi connectivity index (χ4n) is 8.41. The van der Waals surface area contributed by atoms with E-state index in [1.54, 1.807) is 0 Å². The molecule has 9 nitrogen and oxygen atoms in total. The van der Waals surface area contributed by atoms with Crippen LogP contribution >= 0.6 is 0 Å². The maximum atomic E-state index is 14.2. The van der Waals surface area contributed by atoms with Crippen molar-refractivity contribution in [2.75, 3.05) is 46.0 Å². The van der Waals surface area contributed by atoms with E-state index in [1.165, 1.54) is 0 Å². The number of hydrogen-bond donors (Lipinski definition) is 3. The molecule has 0 bridgehead atoms. The van der Waals surface area contributed by atoms with Gasteiger partial charge in [0.05, 0.1) is 31.5 Å². The van der Waals surface area contributed by atoms with Crippen LogP contribution in [0.1, 0.15) is 46.7 Å². The number of β-amino-alcohol motifs (C(OH)–C–C–N with tert-alkyl or cyclic N) is 1. The molecule has 4 aromatic carbocycles. The normalized spacial score (nSPS) is 22.5. The number of nitrogens with zero attached hydrogens (tertiary/aromatic N) is 2. The van der Waals surface area contributed by atoms with Crippen LogP contribution in [0, 0.1) is 11.8 Å². The third-order valence-electron chi connectivity index (χ3n) is 11.3. The van der Waals surface area contributed by atoms with Crippen LogP contribution in [0.3, 0.4) is 0 Å². The summed E-state index contributed by atoms with van der Waals surface area (Å²) in [7, 11) is 0. The van der Waals surface area contributed by atoms with E-state index in [1.807, 2.05) is 89.8 Å². The minimum Gasteiger partial charge on any atom is -0.492 e. The first kappa shape index (κ1) is 37.8. The van der Waals surface area contributed by atoms with Crippen LogP contribution in [0.5, 0.6) is 5.75 Å². The van der Waals surface area contributed by atoms with Gasteiger partial charge in [-0.25, -0.2) is 0 Å². The van der Waals surface area contributed by atoms with Crippen molar-refractivity contribution in [1.82, 2.24) is 15.1 Å². The Balaban J connectivity index is 1.05. The highest BCUT2D eigenvalue weighted by molar-refractivity contribution is 5.82. The van der Waals surface area contributed by atoms with Gasteiger partial charge in [0.25, 0.3) is 0 Å². The van der Waals surface area contributed by atoms with Crippen LogP contribution in [0.15, 0.2) is 109 Å². The summed E-state index contributed by atoms with van der Waals surface area (Å²) in [6.45, 7) is 4.89. The zero-order valence-electron chi connectivity index (χ0n) is 31.0. The summed E-state index contributed by atoms with van der Waals surface area (Å²) in [6, 6.07) is 35.3. The highest BCUT2D eigenvalue weighted by atomic mass is 16.5. The van der Waals surface area contributed by atoms with Crippen molar-refractivity contribution in [3.63, 3.8) is 0 Å². The molecule has 2 aliphatic heterocycles. The van der Waals surface area contributed by atoms with Gasteiger partial charge in [-0.15, -0.1) is 0 Å². The number of rotatable bonds is 16. The van der Waals surface area contributed by atoms with E-state index in [-0.39, 0.29) is 36.7 Å². The van der Waals surface area contributed by atoms with Gasteiger partial charge in [0.2, 0.25) is 11.8 Å². The number of ether oxygens (including phenoxy) is 2. The topological polar surface area (TPSA) is 112 Å². The van der Waals surface area contributed by atoms with Crippen LogP contribution in [-0.4, -0.2) is 96.1 Å². The molecule has 3 aliphatic rings. The van der Waals surface area contributed by atoms with Gasteiger partial charge >= 0.3 is 0 Å². The van der Waals surface area contributed by atoms with Crippen LogP contribution < -0.4 is 10.1 Å². The first-order valence-electron chi connectivity index (χ1n) is 19.5. The third kappa shape index (κ3) is 9.76. The summed E-state index contributed by atoms with van der Waals surface area (Å²) < 4.78 is 11.5. The van der Waals surface area contributed by atoms with Crippen molar-refractivity contribution in [2.24, 2.45) is 11.8 Å². The van der Waals surface area contributed by atoms with Gasteiger partial charge in [0, 0.05) is 50.5 Å². The van der Waals surface area contributed by atoms with Crippen LogP contribution in [0.4, 0.5) is 0 Å². The number of nitrogens with one attached hydrogen (secondary N) is 1. The molecule has 9 heteroatoms. The number of fused-ring (bicyclic) bond motifs is 1. The van der Waals surface area contributed by atoms with Gasteiger partial charge in [-0.3, -0.25) is 14.5 Å². The molecule has 284 valence electrons. The van der Waals surface area contributed by atoms with Gasteiger partial charge < -0.3 is 29.9 Å². The lowest BCUT2D eigenvalue weighted by Gasteiger charge is -2.29. The van der Waals surface area contributed by atoms with Gasteiger partial charge in [-0.2, -0.15) is 0 Å². The van der Waals surface area contributed by atoms with E-state index in [9.17, 15) is 19.8 Å². The van der Waals surface area contributed by atoms with Crippen molar-refractivity contribution in [1.29, 1.82) is 0 Å². The van der Waals surface area contributed by atoms with Crippen LogP contribution in [0.2, 0.25) is 0 Å². The second-order valence-electron chi connectivity index (χ2n) is 15.2. The summed E-state index contributed by atoms with van der Waals surface area (Å²) in [5.41, 5.74) is 5.16. The molecular formula is C45H53N3O6. The molecule has 2 fully saturated rings. The minimum atomic E-state index is -0.929. The summed E-state index contributed by atoms with van der Waals surface area (Å²) in [5.74, 6) is -0.184. The smallest absolute Gasteiger partial charge is 0.226 e. The lowest BCUT2D eigenvalue weighted by Crippen LogP contribution is -2.43. The Kier molecular flexibility index (Phi) is 12.7. The average Bonchev–Trinajstić information content (AvgIpc) is 3.66. The molecule has 7 rings (SSSR count). The lowest BCUT2D eigenvalue weighted by atomic mass is 9.91. The van der Waals surface area contributed by atoms with E-state index < -0.39 is 24.2 Å². The summed E-state index contributed by atoms with van der Waals surface area (Å²) in [6.07, 6.45) is 1.44. The SMILES string of the molecule is O=C(N[C@H]1c2ccccc2C[C@H]1O)[C@@H](Cc1ccc(OCCN2CCOCC2)cc1)C[C@H](O)CN1C(=O)[C@@H](Cc2ccccc2)C[C@@H]1Cc1ccccc1. The van der Waals surface area contributed by atoms with E-state index in [4.69, 9.17) is 9.47 Å². The number of aliphatic hydroxyl groups excluding tert-OH is 2. The molecule has 1 aliphatic carbocycles. The highest BCUT2D eigenvalue weighted by Gasteiger charge is 2.41. The van der Waals surface area contributed by atoms with E-state index in [0.717, 1.165) is 66.4 Å². The Morgan fingerprint density at radius 1 is 0.852 bits per heavy atom. The van der Waals surface area contributed by atoms with Gasteiger partial charge in [0.15, 0.2) is 0 Å². The van der Waals surface area contributed by atoms with E-state index in [2.05, 4.69) is 34.5 Å². The zero-order chi connectivity index (χ0) is 37.3. The molecule has 2 amide bonds. The molecule has 2 heterocycles. The third-order valence-corrected chi connectivity index (χ3v) is 11.3. The van der Waals surface area contributed by atoms with Crippen molar-refractivity contribution in [3.8, 4) is 5.75 Å². The Labute approximate surface area is 318 Å². The van der Waals surface area contributed by atoms with Crippen molar-refractivity contribution in [3.05, 3.63) is 137 Å². The Morgan fingerprint density at radius 3 is 2.24 bits per heavy atom. The highest BCUT2D eigenvalue weighted by Crippen LogP contribution is 2.33. The maximum Gasteiger partial charge on any atom is 0.226 e. The Morgan fingerprint density at radius 2 is 1.52 bits per heavy atom. The maximum absolute atomic E-state index is 14.2. The molecule has 0 aromatic heterocycles. The lowest BCUT2D eigenvalue weighted by molar-refractivity contribution is -0.133. The van der Waals surface area contributed by atoms with Crippen LogP contribution in [0.25, 0.3) is 0 Å². The van der Waals surface area contributed by atoms with Gasteiger partial charge in [-0.05, 0) is 72.1 Å². The second-order valence-corrected chi connectivity index (χ2v) is 15.2. The predicted octanol–water partition coefficient (Wildman–Crippen LogP) is 4.78. The van der Waals surface area contributed by atoms with E-state index >= 15 is 0 Å². The standard InChI is InChI=1S/C45H53N3O6/c49-39(31-48-38(27-33-11-5-2-6-12-33)28-37(45(48)52)26-32-9-3-1-4-10-32)29-36(44(51)46-43-41-14-8-7-13-35(41)30-42(43)50)25-34-15-17-40(18-16-34)54-24-21-47-19-22-53-23-20-47/h1-18,36-39,42-43,49-50H,19-31H2,(H,46,51)/t36-,37-,38-,39-,42+,43-/m0/s1. The quantitative estimate of drug-likeness (QED) is 0.152. The fourth-order valence-corrected chi connectivity index (χ4v) is 8.41. The number of amides is 2. The molecule has 0 unspecified atom stereocenters. The average molecular weight is 732 g/mol. The first-order chi connectivity index (χ1) is 26.4. The number of hydrogen-bond acceptors (Lipinski definition) is 7. The van der Waals surface area contributed by atoms with Crippen molar-refractivity contribution < 1.29 is 29.3 Å². The molecule has 3 N–H and O–H groups in total. The largest absolute Gasteiger partial charge is 0.492 e. The molecule has 0 spiro atoms. The van der Waals surface area contributed by atoms with Crippen molar-refractivity contribution >= 4 is 11.8 Å². The monoisotopic (exact) mass is 731 g/mol. The fraction of sp³-hybridized carbons (Fsp3) is 0.422. The number of benzene rings is 4. The summed E-state index contributed by atoms with van der Waals surface area (Å²) in [5, 5.41) is 25.9. The van der Waals surface area contributed by atoms with Gasteiger partial charge in [-0.1, -0.05) is 97.1 Å². The molecule has 4 aromatic rings. The van der Waals surface area contributed by atoms with Crippen molar-refractivity contribution in [2.45, 2.75) is 62.8 Å². The summed E-state index contributed by atoms with van der Waals surface area (Å²) in [4.78, 5) is 32.4. The Hall–Kier alpha value is -4.54. The number of aliphatic hydroxyl groups is 2. The molecule has 0 saturated carbocycles. The number of carbonyl (C=O) groups is 2. The molecule has 6 atom stereocenters. The molecule has 2 saturated heterocycles. The zero-order valence-corrected chi connectivity index (χ0v) is 31.0. The van der Waals surface area contributed by atoms with Crippen LogP contribution in [-0.2, 0) is 40.0 Å². The van der Waals surface area contributed by atoms with Gasteiger partial charge in [0.1, 0.15) is 12.4 Å². The number of likely N-dealkylation sites (tertiary alicyclic amines) is 1. The molecular weight excluding hydrogens is 679 g/mol. The minimum absolute atomic E-state index is 0.0507. The molecule has 54 heavy (non-hydrogen) atoms. The second kappa shape index (κ2) is 18.2. The number of carbonyl (C=O) groups excluding carboxylic acids is 2. The molecule has 0 radical (unpaired) electrons. The Bertz CT molecular complexity index is 1800. The number of morpholine rings is 1.